The van der Waals surface area contributed by atoms with Gasteiger partial charge in [0, 0.05) is 19.0 Å². The highest BCUT2D eigenvalue weighted by Crippen LogP contribution is 2.26. The molecule has 0 aromatic carbocycles. The topological polar surface area (TPSA) is 29.5 Å². The molecule has 1 heterocycles. The van der Waals surface area contributed by atoms with Crippen molar-refractivity contribution in [1.82, 2.24) is 4.90 Å². The van der Waals surface area contributed by atoms with Crippen LogP contribution in [0.15, 0.2) is 12.2 Å². The molecule has 2 rings (SSSR count). The van der Waals surface area contributed by atoms with Crippen LogP contribution in [0.3, 0.4) is 0 Å². The highest BCUT2D eigenvalue weighted by molar-refractivity contribution is 5.79. The lowest BCUT2D eigenvalue weighted by molar-refractivity contribution is -0.141. The second-order valence-electron chi connectivity index (χ2n) is 4.46. The Morgan fingerprint density at radius 2 is 1.93 bits per heavy atom. The molecule has 0 saturated carbocycles. The molecule has 1 saturated heterocycles. The first-order valence-electron chi connectivity index (χ1n) is 5.80. The molecule has 0 spiro atoms. The van der Waals surface area contributed by atoms with Crippen molar-refractivity contribution in [2.24, 2.45) is 11.8 Å². The maximum Gasteiger partial charge on any atom is 0.226 e. The van der Waals surface area contributed by atoms with Crippen molar-refractivity contribution in [3.8, 4) is 0 Å². The third kappa shape index (κ3) is 2.40. The minimum Gasteiger partial charge on any atom is -0.378 e. The number of amides is 1. The van der Waals surface area contributed by atoms with Crippen molar-refractivity contribution in [3.63, 3.8) is 0 Å². The molecular weight excluding hydrogens is 190 g/mol. The molecular formula is C12H19NO2. The number of allylic oxidation sites excluding steroid dienone is 2. The van der Waals surface area contributed by atoms with Gasteiger partial charge in [-0.2, -0.15) is 0 Å². The molecule has 1 aliphatic heterocycles. The van der Waals surface area contributed by atoms with Gasteiger partial charge in [0.25, 0.3) is 0 Å². The van der Waals surface area contributed by atoms with E-state index in [9.17, 15) is 4.79 Å². The lowest BCUT2D eigenvalue weighted by Gasteiger charge is -2.33. The van der Waals surface area contributed by atoms with Gasteiger partial charge in [-0.05, 0) is 18.8 Å². The summed E-state index contributed by atoms with van der Waals surface area (Å²) in [5.74, 6) is 1.02. The van der Waals surface area contributed by atoms with Crippen molar-refractivity contribution in [3.05, 3.63) is 12.2 Å². The SMILES string of the molecule is CC1CC=CCC1C(=O)N1CCOCC1. The van der Waals surface area contributed by atoms with Crippen molar-refractivity contribution < 1.29 is 9.53 Å². The lowest BCUT2D eigenvalue weighted by Crippen LogP contribution is -2.45. The zero-order valence-corrected chi connectivity index (χ0v) is 9.32. The highest BCUT2D eigenvalue weighted by Gasteiger charge is 2.29. The maximum atomic E-state index is 12.2. The van der Waals surface area contributed by atoms with Gasteiger partial charge in [0.2, 0.25) is 5.91 Å². The van der Waals surface area contributed by atoms with Crippen LogP contribution < -0.4 is 0 Å². The average molecular weight is 209 g/mol. The monoisotopic (exact) mass is 209 g/mol. The molecule has 2 unspecified atom stereocenters. The second-order valence-corrected chi connectivity index (χ2v) is 4.46. The van der Waals surface area contributed by atoms with Gasteiger partial charge in [0.1, 0.15) is 0 Å². The van der Waals surface area contributed by atoms with Crippen LogP contribution in [-0.4, -0.2) is 37.1 Å². The first-order chi connectivity index (χ1) is 7.29. The Labute approximate surface area is 91.1 Å². The Kier molecular flexibility index (Phi) is 3.41. The fourth-order valence-corrected chi connectivity index (χ4v) is 2.31. The van der Waals surface area contributed by atoms with E-state index in [4.69, 9.17) is 4.74 Å². The summed E-state index contributed by atoms with van der Waals surface area (Å²) in [6, 6.07) is 0. The van der Waals surface area contributed by atoms with Gasteiger partial charge >= 0.3 is 0 Å². The van der Waals surface area contributed by atoms with Crippen LogP contribution in [0.25, 0.3) is 0 Å². The van der Waals surface area contributed by atoms with Crippen molar-refractivity contribution in [2.75, 3.05) is 26.3 Å². The summed E-state index contributed by atoms with van der Waals surface area (Å²) in [5, 5.41) is 0. The Morgan fingerprint density at radius 3 is 2.60 bits per heavy atom. The predicted octanol–water partition coefficient (Wildman–Crippen LogP) is 1.45. The van der Waals surface area contributed by atoms with Gasteiger partial charge in [0.05, 0.1) is 13.2 Å². The molecule has 1 amide bonds. The lowest BCUT2D eigenvalue weighted by atomic mass is 9.83. The number of hydrogen-bond donors (Lipinski definition) is 0. The quantitative estimate of drug-likeness (QED) is 0.612. The summed E-state index contributed by atoms with van der Waals surface area (Å²) >= 11 is 0. The number of hydrogen-bond acceptors (Lipinski definition) is 2. The van der Waals surface area contributed by atoms with E-state index in [-0.39, 0.29) is 5.92 Å². The minimum absolute atomic E-state index is 0.202. The van der Waals surface area contributed by atoms with E-state index in [0.29, 0.717) is 25.0 Å². The minimum atomic E-state index is 0.202. The Hall–Kier alpha value is -0.830. The Morgan fingerprint density at radius 1 is 1.27 bits per heavy atom. The van der Waals surface area contributed by atoms with E-state index < -0.39 is 0 Å². The molecule has 1 fully saturated rings. The number of nitrogens with zero attached hydrogens (tertiary/aromatic N) is 1. The number of carbonyl (C=O) groups is 1. The molecule has 15 heavy (non-hydrogen) atoms. The summed E-state index contributed by atoms with van der Waals surface area (Å²) in [7, 11) is 0. The van der Waals surface area contributed by atoms with Gasteiger partial charge < -0.3 is 9.64 Å². The number of rotatable bonds is 1. The third-order valence-corrected chi connectivity index (χ3v) is 3.39. The smallest absolute Gasteiger partial charge is 0.226 e. The highest BCUT2D eigenvalue weighted by atomic mass is 16.5. The molecule has 3 nitrogen and oxygen atoms in total. The van der Waals surface area contributed by atoms with Crippen molar-refractivity contribution >= 4 is 5.91 Å². The van der Waals surface area contributed by atoms with Gasteiger partial charge in [0.15, 0.2) is 0 Å². The van der Waals surface area contributed by atoms with Crippen molar-refractivity contribution in [1.29, 1.82) is 0 Å². The van der Waals surface area contributed by atoms with E-state index in [2.05, 4.69) is 19.1 Å². The summed E-state index contributed by atoms with van der Waals surface area (Å²) in [5.41, 5.74) is 0. The first-order valence-corrected chi connectivity index (χ1v) is 5.80. The molecule has 2 aliphatic rings. The van der Waals surface area contributed by atoms with Gasteiger partial charge in [-0.15, -0.1) is 0 Å². The largest absolute Gasteiger partial charge is 0.378 e. The molecule has 2 atom stereocenters. The Bertz CT molecular complexity index is 256. The molecule has 1 aliphatic carbocycles. The zero-order chi connectivity index (χ0) is 10.7. The van der Waals surface area contributed by atoms with Gasteiger partial charge in [-0.3, -0.25) is 4.79 Å². The van der Waals surface area contributed by atoms with Crippen LogP contribution in [0.2, 0.25) is 0 Å². The molecule has 0 N–H and O–H groups in total. The second kappa shape index (κ2) is 4.79. The third-order valence-electron chi connectivity index (χ3n) is 3.39. The number of carbonyl (C=O) groups excluding carboxylic acids is 1. The van der Waals surface area contributed by atoms with Crippen LogP contribution >= 0.6 is 0 Å². The average Bonchev–Trinajstić information content (AvgIpc) is 2.30. The first kappa shape index (κ1) is 10.7. The van der Waals surface area contributed by atoms with Crippen LogP contribution in [0.4, 0.5) is 0 Å². The normalized spacial score (nSPS) is 31.7. The summed E-state index contributed by atoms with van der Waals surface area (Å²) in [4.78, 5) is 14.2. The maximum absolute atomic E-state index is 12.2. The van der Waals surface area contributed by atoms with E-state index in [1.54, 1.807) is 0 Å². The zero-order valence-electron chi connectivity index (χ0n) is 9.32. The van der Waals surface area contributed by atoms with Crippen LogP contribution in [0.1, 0.15) is 19.8 Å². The van der Waals surface area contributed by atoms with E-state index in [0.717, 1.165) is 25.9 Å². The standard InChI is InChI=1S/C12H19NO2/c1-10-4-2-3-5-11(10)12(14)13-6-8-15-9-7-13/h2-3,10-11H,4-9H2,1H3. The van der Waals surface area contributed by atoms with E-state index in [1.165, 1.54) is 0 Å². The number of ether oxygens (including phenoxy) is 1. The van der Waals surface area contributed by atoms with Crippen LogP contribution in [-0.2, 0) is 9.53 Å². The molecule has 0 bridgehead atoms. The molecule has 0 radical (unpaired) electrons. The molecule has 3 heteroatoms. The molecule has 0 aromatic rings. The van der Waals surface area contributed by atoms with Gasteiger partial charge in [-0.1, -0.05) is 19.1 Å². The summed E-state index contributed by atoms with van der Waals surface area (Å²) in [6.45, 7) is 5.11. The van der Waals surface area contributed by atoms with E-state index in [1.807, 2.05) is 4.90 Å². The predicted molar refractivity (Wildman–Crippen MR) is 58.4 cm³/mol. The van der Waals surface area contributed by atoms with E-state index >= 15 is 0 Å². The Balaban J connectivity index is 1.96. The summed E-state index contributed by atoms with van der Waals surface area (Å²) < 4.78 is 5.26. The number of morpholine rings is 1. The fourth-order valence-electron chi connectivity index (χ4n) is 2.31. The van der Waals surface area contributed by atoms with Crippen LogP contribution in [0, 0.1) is 11.8 Å². The van der Waals surface area contributed by atoms with Gasteiger partial charge in [-0.25, -0.2) is 0 Å². The van der Waals surface area contributed by atoms with Crippen LogP contribution in [0.5, 0.6) is 0 Å². The molecule has 84 valence electrons. The van der Waals surface area contributed by atoms with Crippen molar-refractivity contribution in [2.45, 2.75) is 19.8 Å². The summed E-state index contributed by atoms with van der Waals surface area (Å²) in [6.07, 6.45) is 6.29. The fraction of sp³-hybridized carbons (Fsp3) is 0.750. The molecule has 0 aromatic heterocycles.